The van der Waals surface area contributed by atoms with Crippen LogP contribution >= 0.6 is 11.3 Å². The zero-order valence-corrected chi connectivity index (χ0v) is 17.7. The maximum absolute atomic E-state index is 12.8. The predicted octanol–water partition coefficient (Wildman–Crippen LogP) is 3.26. The van der Waals surface area contributed by atoms with Crippen LogP contribution in [0.3, 0.4) is 0 Å². The molecule has 2 aromatic carbocycles. The van der Waals surface area contributed by atoms with E-state index in [1.807, 2.05) is 66.7 Å². The Morgan fingerprint density at radius 2 is 1.97 bits per heavy atom. The van der Waals surface area contributed by atoms with E-state index in [0.29, 0.717) is 20.8 Å². The third kappa shape index (κ3) is 3.65. The molecule has 0 aliphatic carbocycles. The highest BCUT2D eigenvalue weighted by molar-refractivity contribution is 7.21. The van der Waals surface area contributed by atoms with E-state index in [1.54, 1.807) is 7.11 Å². The number of hydrogen-bond acceptors (Lipinski definition) is 8. The van der Waals surface area contributed by atoms with Gasteiger partial charge in [0.15, 0.2) is 0 Å². The Morgan fingerprint density at radius 1 is 1.12 bits per heavy atom. The number of nitrogens with zero attached hydrogens (tertiary/aromatic N) is 4. The molecule has 9 heteroatoms. The van der Waals surface area contributed by atoms with Crippen molar-refractivity contribution in [1.29, 1.82) is 0 Å². The van der Waals surface area contributed by atoms with E-state index >= 15 is 0 Å². The van der Waals surface area contributed by atoms with E-state index in [9.17, 15) is 5.11 Å². The Labute approximate surface area is 186 Å². The predicted molar refractivity (Wildman–Crippen MR) is 120 cm³/mol. The van der Waals surface area contributed by atoms with Crippen molar-refractivity contribution in [3.05, 3.63) is 77.8 Å². The van der Waals surface area contributed by atoms with Crippen LogP contribution in [0, 0.1) is 0 Å². The number of fused-ring (bicyclic) bond motifs is 1. The summed E-state index contributed by atoms with van der Waals surface area (Å²) >= 11 is 1.19. The second-order valence-electron chi connectivity index (χ2n) is 6.86. The molecule has 8 nitrogen and oxygen atoms in total. The fourth-order valence-corrected chi connectivity index (χ4v) is 4.22. The first-order valence-corrected chi connectivity index (χ1v) is 10.5. The smallest absolute Gasteiger partial charge is 0.321 e. The molecule has 5 rings (SSSR count). The van der Waals surface area contributed by atoms with E-state index in [-0.39, 0.29) is 5.88 Å². The Kier molecular flexibility index (Phi) is 5.00. The quantitative estimate of drug-likeness (QED) is 0.253. The lowest BCUT2D eigenvalue weighted by Crippen LogP contribution is -2.30. The summed E-state index contributed by atoms with van der Waals surface area (Å²) in [7, 11) is 1.62. The fraction of sp³-hybridized carbons (Fsp3) is 0.0435. The standard InChI is InChI=1S/C23H17N5O3S/c1-30-16-9-5-6-14(12-16)18-11-10-17-20(24)21(32-23(17)25-18)22(29)26-19-13-28(27-31-19)15-7-3-2-4-8-15/h2-13H,1H3,(H2-,24,26,27,29). The van der Waals surface area contributed by atoms with Crippen LogP contribution in [0.25, 0.3) is 27.2 Å². The summed E-state index contributed by atoms with van der Waals surface area (Å²) in [6, 6.07) is 20.7. The first-order chi connectivity index (χ1) is 15.6. The van der Waals surface area contributed by atoms with E-state index in [2.05, 4.69) is 15.2 Å². The lowest BCUT2D eigenvalue weighted by molar-refractivity contribution is -0.670. The number of nitrogens with two attached hydrogens (primary N) is 1. The van der Waals surface area contributed by atoms with Crippen molar-refractivity contribution in [2.24, 2.45) is 4.99 Å². The van der Waals surface area contributed by atoms with E-state index in [1.165, 1.54) is 22.2 Å². The largest absolute Gasteiger partial charge is 0.857 e. The minimum Gasteiger partial charge on any atom is -0.857 e. The molecule has 0 radical (unpaired) electrons. The molecule has 32 heavy (non-hydrogen) atoms. The summed E-state index contributed by atoms with van der Waals surface area (Å²) in [4.78, 5) is 9.67. The first-order valence-electron chi connectivity index (χ1n) is 9.66. The molecule has 2 N–H and O–H groups in total. The highest BCUT2D eigenvalue weighted by Crippen LogP contribution is 2.34. The van der Waals surface area contributed by atoms with Gasteiger partial charge in [0.25, 0.3) is 6.20 Å². The maximum atomic E-state index is 12.8. The SMILES string of the molecule is COc1cccc(-c2ccc3c(N)c(/C([O-])=N/c4c[n+](-c5ccccc5)no4)sc3n2)c1. The van der Waals surface area contributed by atoms with Crippen molar-refractivity contribution in [2.75, 3.05) is 12.8 Å². The molecule has 0 atom stereocenters. The molecule has 5 aromatic rings. The Balaban J connectivity index is 1.48. The number of methoxy groups -OCH3 is 1. The van der Waals surface area contributed by atoms with Crippen LogP contribution in [0.5, 0.6) is 5.75 Å². The zero-order valence-electron chi connectivity index (χ0n) is 16.9. The number of ether oxygens (including phenoxy) is 1. The van der Waals surface area contributed by atoms with Crippen LogP contribution in [0.2, 0.25) is 0 Å². The molecule has 0 saturated carbocycles. The number of anilines is 1. The highest BCUT2D eigenvalue weighted by atomic mass is 32.1. The topological polar surface area (TPSA) is 113 Å². The van der Waals surface area contributed by atoms with Gasteiger partial charge in [0.05, 0.1) is 23.4 Å². The lowest BCUT2D eigenvalue weighted by Gasteiger charge is -2.06. The molecule has 0 unspecified atom stereocenters. The number of thiophene rings is 1. The Bertz CT molecular complexity index is 1440. The van der Waals surface area contributed by atoms with Crippen LogP contribution in [-0.4, -0.2) is 23.3 Å². The van der Waals surface area contributed by atoms with Gasteiger partial charge in [-0.3, -0.25) is 4.52 Å². The molecule has 0 spiro atoms. The van der Waals surface area contributed by atoms with Crippen molar-refractivity contribution >= 4 is 39.0 Å². The average molecular weight is 443 g/mol. The number of pyridine rings is 1. The molecular formula is C23H17N5O3S. The number of para-hydroxylation sites is 1. The molecule has 0 amide bonds. The second kappa shape index (κ2) is 8.12. The number of aliphatic imine (C=N–C) groups is 1. The molecule has 3 heterocycles. The average Bonchev–Trinajstić information content (AvgIpc) is 3.44. The van der Waals surface area contributed by atoms with Crippen molar-refractivity contribution in [1.82, 2.24) is 10.3 Å². The summed E-state index contributed by atoms with van der Waals surface area (Å²) in [5.41, 5.74) is 9.04. The monoisotopic (exact) mass is 443 g/mol. The van der Waals surface area contributed by atoms with Gasteiger partial charge in [0.2, 0.25) is 11.0 Å². The summed E-state index contributed by atoms with van der Waals surface area (Å²) < 4.78 is 12.0. The highest BCUT2D eigenvalue weighted by Gasteiger charge is 2.16. The number of benzene rings is 2. The van der Waals surface area contributed by atoms with Crippen LogP contribution in [-0.2, 0) is 0 Å². The van der Waals surface area contributed by atoms with E-state index in [0.717, 1.165) is 22.7 Å². The zero-order chi connectivity index (χ0) is 22.1. The van der Waals surface area contributed by atoms with E-state index in [4.69, 9.17) is 15.0 Å². The van der Waals surface area contributed by atoms with Gasteiger partial charge in [-0.2, -0.15) is 0 Å². The van der Waals surface area contributed by atoms with Gasteiger partial charge >= 0.3 is 5.88 Å². The van der Waals surface area contributed by atoms with Gasteiger partial charge in [-0.05, 0) is 28.9 Å². The van der Waals surface area contributed by atoms with Crippen LogP contribution in [0.1, 0.15) is 4.88 Å². The van der Waals surface area contributed by atoms with Gasteiger partial charge in [-0.1, -0.05) is 30.3 Å². The maximum Gasteiger partial charge on any atom is 0.321 e. The Hall–Kier alpha value is -4.24. The lowest BCUT2D eigenvalue weighted by atomic mass is 10.1. The first kappa shape index (κ1) is 19.7. The summed E-state index contributed by atoms with van der Waals surface area (Å²) in [6.45, 7) is 0. The molecule has 0 fully saturated rings. The summed E-state index contributed by atoms with van der Waals surface area (Å²) in [5, 5.41) is 17.4. The van der Waals surface area contributed by atoms with E-state index < -0.39 is 5.90 Å². The van der Waals surface area contributed by atoms with Crippen molar-refractivity contribution in [2.45, 2.75) is 0 Å². The van der Waals surface area contributed by atoms with Gasteiger partial charge in [-0.15, -0.1) is 11.3 Å². The van der Waals surface area contributed by atoms with Gasteiger partial charge < -0.3 is 15.6 Å². The molecule has 0 bridgehead atoms. The summed E-state index contributed by atoms with van der Waals surface area (Å²) in [6.07, 6.45) is 1.54. The van der Waals surface area contributed by atoms with Gasteiger partial charge in [0, 0.05) is 29.0 Å². The minimum absolute atomic E-state index is 0.0840. The molecule has 0 aliphatic heterocycles. The summed E-state index contributed by atoms with van der Waals surface area (Å²) in [5.74, 6) is 0.315. The molecular weight excluding hydrogens is 426 g/mol. The van der Waals surface area contributed by atoms with Crippen LogP contribution in [0.15, 0.2) is 82.4 Å². The van der Waals surface area contributed by atoms with Crippen molar-refractivity contribution in [3.8, 4) is 22.7 Å². The minimum atomic E-state index is -0.509. The third-order valence-electron chi connectivity index (χ3n) is 4.84. The molecule has 3 aromatic heterocycles. The van der Waals surface area contributed by atoms with Gasteiger partial charge in [-0.25, -0.2) is 9.98 Å². The normalized spacial score (nSPS) is 11.7. The third-order valence-corrected chi connectivity index (χ3v) is 5.94. The number of rotatable bonds is 5. The molecule has 0 saturated heterocycles. The number of aromatic nitrogens is 3. The molecule has 0 aliphatic rings. The Morgan fingerprint density at radius 3 is 2.78 bits per heavy atom. The number of nitrogen functional groups attached to an aromatic ring is 1. The molecule has 158 valence electrons. The van der Waals surface area contributed by atoms with Crippen LogP contribution in [0.4, 0.5) is 11.6 Å². The van der Waals surface area contributed by atoms with Crippen molar-refractivity contribution < 1.29 is 19.0 Å². The van der Waals surface area contributed by atoms with Crippen molar-refractivity contribution in [3.63, 3.8) is 0 Å². The van der Waals surface area contributed by atoms with Gasteiger partial charge in [0.1, 0.15) is 10.6 Å². The second-order valence-corrected chi connectivity index (χ2v) is 7.86. The van der Waals surface area contributed by atoms with Crippen LogP contribution < -0.4 is 20.3 Å². The number of hydrogen-bond donors (Lipinski definition) is 1. The fourth-order valence-electron chi connectivity index (χ4n) is 3.24.